The molecule has 0 radical (unpaired) electrons. The molecule has 0 aliphatic heterocycles. The molecule has 3 aromatic carbocycles. The van der Waals surface area contributed by atoms with Crippen LogP contribution in [0.5, 0.6) is 11.5 Å². The van der Waals surface area contributed by atoms with Crippen molar-refractivity contribution < 1.29 is 19.1 Å². The molecule has 0 heterocycles. The number of nitrogens with one attached hydrogen (secondary N) is 1. The summed E-state index contributed by atoms with van der Waals surface area (Å²) < 4.78 is 10.9. The van der Waals surface area contributed by atoms with Crippen molar-refractivity contribution in [1.29, 1.82) is 0 Å². The number of nitrogens with two attached hydrogens (primary N) is 1. The minimum atomic E-state index is -0.799. The first-order valence-electron chi connectivity index (χ1n) is 9.71. The molecule has 3 N–H and O–H groups in total. The topological polar surface area (TPSA) is 90.7 Å². The third kappa shape index (κ3) is 6.84. The molecule has 31 heavy (non-hydrogen) atoms. The van der Waals surface area contributed by atoms with Gasteiger partial charge in [0.25, 0.3) is 0 Å². The Morgan fingerprint density at radius 3 is 2.35 bits per heavy atom. The average molecular weight is 441 g/mol. The fraction of sp³-hybridized carbons (Fsp3) is 0.167. The van der Waals surface area contributed by atoms with Gasteiger partial charge < -0.3 is 20.5 Å². The number of benzene rings is 3. The molecular formula is C24H25ClN2O4. The number of para-hydroxylation sites is 2. The standard InChI is InChI=1S/C24H24N2O4.ClH/c1-2-29-24(28)20-13-6-7-14-22(20)26-23(27)21(25)16-17-9-8-12-19(15-17)30-18-10-4-3-5-11-18;/h3-15,21H,2,16,25H2,1H3,(H,26,27);1H. The van der Waals surface area contributed by atoms with E-state index in [0.29, 0.717) is 17.9 Å². The summed E-state index contributed by atoms with van der Waals surface area (Å²) in [6.45, 7) is 1.98. The van der Waals surface area contributed by atoms with Crippen molar-refractivity contribution in [2.24, 2.45) is 5.73 Å². The van der Waals surface area contributed by atoms with E-state index in [2.05, 4.69) is 5.32 Å². The van der Waals surface area contributed by atoms with E-state index in [4.69, 9.17) is 15.2 Å². The molecular weight excluding hydrogens is 416 g/mol. The molecule has 1 amide bonds. The Morgan fingerprint density at radius 1 is 0.935 bits per heavy atom. The number of esters is 1. The molecule has 0 bridgehead atoms. The average Bonchev–Trinajstić information content (AvgIpc) is 2.75. The van der Waals surface area contributed by atoms with Crippen molar-refractivity contribution in [3.63, 3.8) is 0 Å². The van der Waals surface area contributed by atoms with Crippen molar-refractivity contribution in [3.05, 3.63) is 90.0 Å². The van der Waals surface area contributed by atoms with Crippen LogP contribution < -0.4 is 15.8 Å². The van der Waals surface area contributed by atoms with E-state index in [1.54, 1.807) is 31.2 Å². The quantitative estimate of drug-likeness (QED) is 0.500. The smallest absolute Gasteiger partial charge is 0.340 e. The molecule has 0 fully saturated rings. The highest BCUT2D eigenvalue weighted by molar-refractivity contribution is 6.02. The number of ether oxygens (including phenoxy) is 2. The van der Waals surface area contributed by atoms with Crippen LogP contribution >= 0.6 is 12.4 Å². The summed E-state index contributed by atoms with van der Waals surface area (Å²) >= 11 is 0. The van der Waals surface area contributed by atoms with Crippen LogP contribution in [-0.4, -0.2) is 24.5 Å². The zero-order valence-electron chi connectivity index (χ0n) is 17.1. The molecule has 6 nitrogen and oxygen atoms in total. The maximum atomic E-state index is 12.6. The molecule has 0 saturated heterocycles. The molecule has 0 aliphatic carbocycles. The van der Waals surface area contributed by atoms with Gasteiger partial charge in [-0.3, -0.25) is 4.79 Å². The number of carbonyl (C=O) groups is 2. The Morgan fingerprint density at radius 2 is 1.61 bits per heavy atom. The largest absolute Gasteiger partial charge is 0.462 e. The minimum absolute atomic E-state index is 0. The molecule has 0 aromatic heterocycles. The third-order valence-electron chi connectivity index (χ3n) is 4.35. The van der Waals surface area contributed by atoms with Crippen molar-refractivity contribution in [2.75, 3.05) is 11.9 Å². The van der Waals surface area contributed by atoms with Gasteiger partial charge in [0.05, 0.1) is 23.9 Å². The second-order valence-corrected chi connectivity index (χ2v) is 6.63. The first-order chi connectivity index (χ1) is 14.6. The third-order valence-corrected chi connectivity index (χ3v) is 4.35. The van der Waals surface area contributed by atoms with E-state index in [9.17, 15) is 9.59 Å². The summed E-state index contributed by atoms with van der Waals surface area (Å²) in [4.78, 5) is 24.7. The lowest BCUT2D eigenvalue weighted by atomic mass is 10.1. The number of hydrogen-bond acceptors (Lipinski definition) is 5. The van der Waals surface area contributed by atoms with Crippen molar-refractivity contribution in [2.45, 2.75) is 19.4 Å². The Balaban J connectivity index is 0.00000341. The highest BCUT2D eigenvalue weighted by Gasteiger charge is 2.18. The number of hydrogen-bond donors (Lipinski definition) is 2. The van der Waals surface area contributed by atoms with E-state index in [1.807, 2.05) is 54.6 Å². The number of carbonyl (C=O) groups excluding carboxylic acids is 2. The molecule has 162 valence electrons. The molecule has 0 spiro atoms. The minimum Gasteiger partial charge on any atom is -0.462 e. The summed E-state index contributed by atoms with van der Waals surface area (Å²) in [5.74, 6) is 0.514. The predicted octanol–water partition coefficient (Wildman–Crippen LogP) is 4.59. The SMILES string of the molecule is CCOC(=O)c1ccccc1NC(=O)C(N)Cc1cccc(Oc2ccccc2)c1.Cl. The molecule has 0 saturated carbocycles. The van der Waals surface area contributed by atoms with Crippen LogP contribution in [0, 0.1) is 0 Å². The van der Waals surface area contributed by atoms with E-state index in [0.717, 1.165) is 11.3 Å². The first kappa shape index (κ1) is 23.9. The summed E-state index contributed by atoms with van der Waals surface area (Å²) in [6, 6.07) is 22.8. The molecule has 1 unspecified atom stereocenters. The second-order valence-electron chi connectivity index (χ2n) is 6.63. The lowest BCUT2D eigenvalue weighted by molar-refractivity contribution is -0.117. The Kier molecular flexibility index (Phi) is 9.06. The molecule has 0 aliphatic rings. The van der Waals surface area contributed by atoms with Crippen LogP contribution in [0.1, 0.15) is 22.8 Å². The van der Waals surface area contributed by atoms with Gasteiger partial charge >= 0.3 is 5.97 Å². The van der Waals surface area contributed by atoms with Crippen molar-refractivity contribution >= 4 is 30.0 Å². The molecule has 7 heteroatoms. The van der Waals surface area contributed by atoms with E-state index in [1.165, 1.54) is 0 Å². The summed E-state index contributed by atoms with van der Waals surface area (Å²) in [5.41, 5.74) is 7.64. The summed E-state index contributed by atoms with van der Waals surface area (Å²) in [6.07, 6.45) is 0.319. The predicted molar refractivity (Wildman–Crippen MR) is 123 cm³/mol. The van der Waals surface area contributed by atoms with Crippen LogP contribution in [0.25, 0.3) is 0 Å². The van der Waals surface area contributed by atoms with Crippen LogP contribution in [0.4, 0.5) is 5.69 Å². The number of rotatable bonds is 8. The van der Waals surface area contributed by atoms with Crippen LogP contribution in [-0.2, 0) is 16.0 Å². The molecule has 3 rings (SSSR count). The Labute approximate surface area is 187 Å². The lowest BCUT2D eigenvalue weighted by Gasteiger charge is -2.15. The van der Waals surface area contributed by atoms with Gasteiger partial charge in [-0.25, -0.2) is 4.79 Å². The maximum Gasteiger partial charge on any atom is 0.340 e. The van der Waals surface area contributed by atoms with Gasteiger partial charge in [0.1, 0.15) is 11.5 Å². The first-order valence-corrected chi connectivity index (χ1v) is 9.71. The number of halogens is 1. The fourth-order valence-electron chi connectivity index (χ4n) is 2.91. The van der Waals surface area contributed by atoms with E-state index < -0.39 is 12.0 Å². The van der Waals surface area contributed by atoms with Gasteiger partial charge in [-0.05, 0) is 55.3 Å². The Hall–Kier alpha value is -3.35. The number of amides is 1. The zero-order chi connectivity index (χ0) is 21.3. The van der Waals surface area contributed by atoms with Gasteiger partial charge in [-0.15, -0.1) is 12.4 Å². The number of anilines is 1. The zero-order valence-corrected chi connectivity index (χ0v) is 17.9. The highest BCUT2D eigenvalue weighted by atomic mass is 35.5. The second kappa shape index (κ2) is 11.7. The van der Waals surface area contributed by atoms with Crippen LogP contribution in [0.3, 0.4) is 0 Å². The lowest BCUT2D eigenvalue weighted by Crippen LogP contribution is -2.37. The van der Waals surface area contributed by atoms with Gasteiger partial charge in [0.2, 0.25) is 5.91 Å². The summed E-state index contributed by atoms with van der Waals surface area (Å²) in [5, 5.41) is 2.73. The normalized spacial score (nSPS) is 11.0. The summed E-state index contributed by atoms with van der Waals surface area (Å²) in [7, 11) is 0. The van der Waals surface area contributed by atoms with Crippen molar-refractivity contribution in [1.82, 2.24) is 0 Å². The molecule has 1 atom stereocenters. The monoisotopic (exact) mass is 440 g/mol. The van der Waals surface area contributed by atoms with Gasteiger partial charge in [-0.2, -0.15) is 0 Å². The van der Waals surface area contributed by atoms with Gasteiger partial charge in [0, 0.05) is 0 Å². The molecule has 3 aromatic rings. The van der Waals surface area contributed by atoms with Crippen molar-refractivity contribution in [3.8, 4) is 11.5 Å². The van der Waals surface area contributed by atoms with E-state index >= 15 is 0 Å². The Bertz CT molecular complexity index is 1010. The van der Waals surface area contributed by atoms with Gasteiger partial charge in [0.15, 0.2) is 0 Å². The van der Waals surface area contributed by atoms with Gasteiger partial charge in [-0.1, -0.05) is 42.5 Å². The highest BCUT2D eigenvalue weighted by Crippen LogP contribution is 2.22. The maximum absolute atomic E-state index is 12.6. The van der Waals surface area contributed by atoms with Crippen LogP contribution in [0.2, 0.25) is 0 Å². The fourth-order valence-corrected chi connectivity index (χ4v) is 2.91. The van der Waals surface area contributed by atoms with Crippen LogP contribution in [0.15, 0.2) is 78.9 Å². The van der Waals surface area contributed by atoms with E-state index in [-0.39, 0.29) is 30.5 Å².